The number of nitrogens with zero attached hydrogens (tertiary/aromatic N) is 2. The van der Waals surface area contributed by atoms with Gasteiger partial charge in [0.2, 0.25) is 5.91 Å². The summed E-state index contributed by atoms with van der Waals surface area (Å²) in [7, 11) is 0. The minimum atomic E-state index is 0.0255. The van der Waals surface area contributed by atoms with Crippen LogP contribution in [0.4, 0.5) is 5.13 Å². The summed E-state index contributed by atoms with van der Waals surface area (Å²) in [5.41, 5.74) is 0.966. The minimum absolute atomic E-state index is 0.0255. The topological polar surface area (TPSA) is 65.5 Å². The molecular formula is C14H23N3O2S. The molecule has 0 radical (unpaired) electrons. The van der Waals surface area contributed by atoms with E-state index >= 15 is 0 Å². The van der Waals surface area contributed by atoms with Crippen LogP contribution >= 0.6 is 11.3 Å². The smallest absolute Gasteiger partial charge is 0.225 e. The number of anilines is 1. The molecule has 1 aliphatic carbocycles. The van der Waals surface area contributed by atoms with Crippen molar-refractivity contribution in [2.24, 2.45) is 5.92 Å². The van der Waals surface area contributed by atoms with Crippen molar-refractivity contribution in [1.82, 2.24) is 10.3 Å². The number of aliphatic hydroxyl groups excluding tert-OH is 1. The minimum Gasteiger partial charge on any atom is -0.396 e. The number of hydrogen-bond acceptors (Lipinski definition) is 5. The Morgan fingerprint density at radius 1 is 1.60 bits per heavy atom. The number of hydrogen-bond donors (Lipinski definition) is 2. The second-order valence-electron chi connectivity index (χ2n) is 5.25. The van der Waals surface area contributed by atoms with Crippen LogP contribution in [-0.2, 0) is 11.3 Å². The van der Waals surface area contributed by atoms with Crippen LogP contribution in [0.3, 0.4) is 0 Å². The summed E-state index contributed by atoms with van der Waals surface area (Å²) in [5, 5.41) is 15.5. The van der Waals surface area contributed by atoms with Crippen molar-refractivity contribution in [2.45, 2.75) is 45.7 Å². The van der Waals surface area contributed by atoms with Gasteiger partial charge < -0.3 is 10.4 Å². The van der Waals surface area contributed by atoms with E-state index in [4.69, 9.17) is 0 Å². The second kappa shape index (κ2) is 7.15. The number of carbonyl (C=O) groups excluding carboxylic acids is 1. The van der Waals surface area contributed by atoms with Gasteiger partial charge in [0.15, 0.2) is 5.13 Å². The molecule has 1 heterocycles. The molecule has 1 aliphatic rings. The number of nitrogens with one attached hydrogen (secondary N) is 1. The number of aliphatic hydroxyl groups is 1. The van der Waals surface area contributed by atoms with Gasteiger partial charge in [0.1, 0.15) is 0 Å². The van der Waals surface area contributed by atoms with Crippen molar-refractivity contribution >= 4 is 22.4 Å². The van der Waals surface area contributed by atoms with E-state index in [2.05, 4.69) is 10.3 Å². The van der Waals surface area contributed by atoms with Crippen molar-refractivity contribution in [3.8, 4) is 0 Å². The molecule has 0 aliphatic heterocycles. The molecule has 0 spiro atoms. The Labute approximate surface area is 124 Å². The Bertz CT molecular complexity index is 449. The highest BCUT2D eigenvalue weighted by Crippen LogP contribution is 2.26. The van der Waals surface area contributed by atoms with E-state index in [1.54, 1.807) is 11.8 Å². The maximum absolute atomic E-state index is 11.5. The Hall–Kier alpha value is -0.980. The molecule has 1 aromatic heterocycles. The molecule has 1 fully saturated rings. The summed E-state index contributed by atoms with van der Waals surface area (Å²) in [6.45, 7) is 5.12. The first-order valence-electron chi connectivity index (χ1n) is 7.22. The third kappa shape index (κ3) is 3.56. The third-order valence-electron chi connectivity index (χ3n) is 3.91. The zero-order chi connectivity index (χ0) is 14.5. The van der Waals surface area contributed by atoms with E-state index in [-0.39, 0.29) is 12.5 Å². The maximum atomic E-state index is 11.5. The van der Waals surface area contributed by atoms with Crippen LogP contribution < -0.4 is 10.2 Å². The van der Waals surface area contributed by atoms with Crippen LogP contribution in [0.5, 0.6) is 0 Å². The van der Waals surface area contributed by atoms with Gasteiger partial charge in [-0.05, 0) is 25.7 Å². The molecule has 0 aromatic carbocycles. The largest absolute Gasteiger partial charge is 0.396 e. The molecule has 6 heteroatoms. The average Bonchev–Trinajstić information content (AvgIpc) is 3.05. The van der Waals surface area contributed by atoms with Gasteiger partial charge in [-0.1, -0.05) is 6.42 Å². The zero-order valence-electron chi connectivity index (χ0n) is 12.1. The SMILES string of the molecule is CCN(C(C)=O)c1nc(CNC2CCCC2CO)cs1. The molecule has 1 aromatic rings. The van der Waals surface area contributed by atoms with E-state index in [0.717, 1.165) is 23.7 Å². The van der Waals surface area contributed by atoms with Gasteiger partial charge in [0, 0.05) is 38.0 Å². The molecule has 112 valence electrons. The summed E-state index contributed by atoms with van der Waals surface area (Å²) in [6.07, 6.45) is 3.40. The summed E-state index contributed by atoms with van der Waals surface area (Å²) < 4.78 is 0. The summed E-state index contributed by atoms with van der Waals surface area (Å²) in [5.74, 6) is 0.398. The quantitative estimate of drug-likeness (QED) is 0.840. The van der Waals surface area contributed by atoms with Crippen molar-refractivity contribution in [3.63, 3.8) is 0 Å². The number of amides is 1. The van der Waals surface area contributed by atoms with Gasteiger partial charge in [-0.15, -0.1) is 11.3 Å². The first-order valence-corrected chi connectivity index (χ1v) is 8.10. The molecule has 0 bridgehead atoms. The zero-order valence-corrected chi connectivity index (χ0v) is 12.9. The van der Waals surface area contributed by atoms with Crippen LogP contribution in [0, 0.1) is 5.92 Å². The maximum Gasteiger partial charge on any atom is 0.225 e. The van der Waals surface area contributed by atoms with Crippen molar-refractivity contribution in [1.29, 1.82) is 0 Å². The fourth-order valence-corrected chi connectivity index (χ4v) is 3.69. The van der Waals surface area contributed by atoms with E-state index in [1.807, 2.05) is 12.3 Å². The summed E-state index contributed by atoms with van der Waals surface area (Å²) >= 11 is 1.50. The van der Waals surface area contributed by atoms with E-state index in [9.17, 15) is 9.90 Å². The van der Waals surface area contributed by atoms with Crippen LogP contribution in [0.15, 0.2) is 5.38 Å². The lowest BCUT2D eigenvalue weighted by molar-refractivity contribution is -0.116. The molecule has 0 saturated heterocycles. The van der Waals surface area contributed by atoms with Gasteiger partial charge in [0.05, 0.1) is 5.69 Å². The van der Waals surface area contributed by atoms with Crippen molar-refractivity contribution < 1.29 is 9.90 Å². The van der Waals surface area contributed by atoms with E-state index in [1.165, 1.54) is 17.8 Å². The van der Waals surface area contributed by atoms with Gasteiger partial charge in [0.25, 0.3) is 0 Å². The molecular weight excluding hydrogens is 274 g/mol. The Morgan fingerprint density at radius 2 is 2.40 bits per heavy atom. The number of thiazole rings is 1. The molecule has 2 N–H and O–H groups in total. The van der Waals surface area contributed by atoms with Crippen LogP contribution in [0.2, 0.25) is 0 Å². The Balaban J connectivity index is 1.91. The number of aromatic nitrogens is 1. The van der Waals surface area contributed by atoms with Crippen LogP contribution in [-0.4, -0.2) is 35.2 Å². The third-order valence-corrected chi connectivity index (χ3v) is 4.82. The van der Waals surface area contributed by atoms with Crippen LogP contribution in [0.1, 0.15) is 38.8 Å². The molecule has 2 rings (SSSR count). The normalized spacial score (nSPS) is 22.1. The predicted molar refractivity (Wildman–Crippen MR) is 80.9 cm³/mol. The van der Waals surface area contributed by atoms with Gasteiger partial charge >= 0.3 is 0 Å². The predicted octanol–water partition coefficient (Wildman–Crippen LogP) is 1.77. The number of rotatable bonds is 6. The lowest BCUT2D eigenvalue weighted by Gasteiger charge is -2.18. The first kappa shape index (κ1) is 15.4. The molecule has 5 nitrogen and oxygen atoms in total. The fraction of sp³-hybridized carbons (Fsp3) is 0.714. The first-order chi connectivity index (χ1) is 9.65. The Morgan fingerprint density at radius 3 is 3.05 bits per heavy atom. The van der Waals surface area contributed by atoms with Gasteiger partial charge in [-0.25, -0.2) is 4.98 Å². The van der Waals surface area contributed by atoms with Crippen molar-refractivity contribution in [3.05, 3.63) is 11.1 Å². The molecule has 1 amide bonds. The second-order valence-corrected chi connectivity index (χ2v) is 6.08. The Kier molecular flexibility index (Phi) is 5.51. The summed E-state index contributed by atoms with van der Waals surface area (Å²) in [4.78, 5) is 17.7. The highest BCUT2D eigenvalue weighted by Gasteiger charge is 2.26. The standard InChI is InChI=1S/C14H23N3O2S/c1-3-17(10(2)19)14-16-12(9-20-14)7-15-13-6-4-5-11(13)8-18/h9,11,13,15,18H,3-8H2,1-2H3. The van der Waals surface area contributed by atoms with Crippen LogP contribution in [0.25, 0.3) is 0 Å². The average molecular weight is 297 g/mol. The van der Waals surface area contributed by atoms with Gasteiger partial charge in [-0.2, -0.15) is 0 Å². The lowest BCUT2D eigenvalue weighted by atomic mass is 10.1. The summed E-state index contributed by atoms with van der Waals surface area (Å²) in [6, 6.07) is 0.389. The molecule has 1 saturated carbocycles. The number of carbonyl (C=O) groups is 1. The highest BCUT2D eigenvalue weighted by atomic mass is 32.1. The molecule has 20 heavy (non-hydrogen) atoms. The van der Waals surface area contributed by atoms with Crippen molar-refractivity contribution in [2.75, 3.05) is 18.1 Å². The molecule has 2 unspecified atom stereocenters. The highest BCUT2D eigenvalue weighted by molar-refractivity contribution is 7.14. The van der Waals surface area contributed by atoms with E-state index in [0.29, 0.717) is 25.0 Å². The molecule has 2 atom stereocenters. The van der Waals surface area contributed by atoms with E-state index < -0.39 is 0 Å². The lowest BCUT2D eigenvalue weighted by Crippen LogP contribution is -2.33. The fourth-order valence-electron chi connectivity index (χ4n) is 2.75. The van der Waals surface area contributed by atoms with Gasteiger partial charge in [-0.3, -0.25) is 9.69 Å². The monoisotopic (exact) mass is 297 g/mol.